The van der Waals surface area contributed by atoms with Crippen molar-refractivity contribution in [3.8, 4) is 23.0 Å². The molecule has 1 N–H and O–H groups in total. The van der Waals surface area contributed by atoms with Crippen LogP contribution in [0.25, 0.3) is 28.0 Å². The molecule has 0 bridgehead atoms. The Hall–Kier alpha value is -3.94. The van der Waals surface area contributed by atoms with Crippen molar-refractivity contribution in [2.75, 3.05) is 20.3 Å². The summed E-state index contributed by atoms with van der Waals surface area (Å²) in [7, 11) is 1.57. The molecule has 0 atom stereocenters. The summed E-state index contributed by atoms with van der Waals surface area (Å²) in [6.45, 7) is 10.6. The summed E-state index contributed by atoms with van der Waals surface area (Å²) in [5.74, 6) is 1.15. The number of rotatable bonds is 14. The van der Waals surface area contributed by atoms with Crippen molar-refractivity contribution in [1.29, 1.82) is 0 Å². The molecule has 0 radical (unpaired) electrons. The topological polar surface area (TPSA) is 104 Å². The molecular weight excluding hydrogens is 548 g/mol. The Labute approximate surface area is 253 Å². The van der Waals surface area contributed by atoms with Crippen LogP contribution in [0, 0.1) is 0 Å². The van der Waals surface area contributed by atoms with Crippen LogP contribution in [0.15, 0.2) is 39.1 Å². The van der Waals surface area contributed by atoms with E-state index in [9.17, 15) is 14.7 Å². The summed E-state index contributed by atoms with van der Waals surface area (Å²) in [5.41, 5.74) is 1.91. The molecule has 1 aromatic heterocycles. The van der Waals surface area contributed by atoms with Gasteiger partial charge in [-0.2, -0.15) is 0 Å². The molecule has 0 saturated carbocycles. The first-order valence-electron chi connectivity index (χ1n) is 15.2. The first-order valence-corrected chi connectivity index (χ1v) is 15.2. The lowest BCUT2D eigenvalue weighted by Gasteiger charge is -2.28. The van der Waals surface area contributed by atoms with Gasteiger partial charge < -0.3 is 28.5 Å². The third kappa shape index (κ3) is 7.53. The van der Waals surface area contributed by atoms with Gasteiger partial charge in [-0.05, 0) is 66.0 Å². The maximum atomic E-state index is 14.0. The second-order valence-corrected chi connectivity index (χ2v) is 11.8. The number of phenols is 1. The molecule has 2 aromatic carbocycles. The molecule has 0 unspecified atom stereocenters. The number of benzene rings is 2. The number of esters is 1. The fourth-order valence-electron chi connectivity index (χ4n) is 5.35. The number of phenolic OH excluding ortho intramolecular Hbond substituents is 1. The third-order valence-electron chi connectivity index (χ3n) is 7.53. The number of unbranched alkanes of at least 4 members (excludes halogenated alkanes) is 5. The van der Waals surface area contributed by atoms with Crippen molar-refractivity contribution >= 4 is 34.0 Å². The third-order valence-corrected chi connectivity index (χ3v) is 7.53. The molecule has 43 heavy (non-hydrogen) atoms. The lowest BCUT2D eigenvalue weighted by molar-refractivity contribution is -0.143. The number of ether oxygens (including phenoxy) is 4. The molecule has 1 aliphatic heterocycles. The summed E-state index contributed by atoms with van der Waals surface area (Å²) in [5, 5.41) is 11.7. The maximum absolute atomic E-state index is 14.0. The second-order valence-electron chi connectivity index (χ2n) is 11.8. The van der Waals surface area contributed by atoms with Crippen LogP contribution in [0.4, 0.5) is 0 Å². The van der Waals surface area contributed by atoms with Gasteiger partial charge in [0.25, 0.3) is 0 Å². The van der Waals surface area contributed by atoms with Crippen molar-refractivity contribution < 1.29 is 33.3 Å². The highest BCUT2D eigenvalue weighted by molar-refractivity contribution is 5.99. The van der Waals surface area contributed by atoms with Crippen molar-refractivity contribution in [3.05, 3.63) is 51.2 Å². The monoisotopic (exact) mass is 592 g/mol. The number of hydrogen-bond donors (Lipinski definition) is 1. The zero-order chi connectivity index (χ0) is 31.1. The SMILES string of the molecule is CCOC(=O)CCCCCCCCOc1cc2oc3cc4c(c(O)c3c(=O)c2c(CC=C(C)C)c1OC)C=CC(C)(C)O4. The zero-order valence-corrected chi connectivity index (χ0v) is 26.3. The number of carbonyl (C=O) groups is 1. The molecular formula is C35H44O8. The predicted molar refractivity (Wildman–Crippen MR) is 170 cm³/mol. The predicted octanol–water partition coefficient (Wildman–Crippen LogP) is 8.03. The number of hydrogen-bond acceptors (Lipinski definition) is 8. The highest BCUT2D eigenvalue weighted by Crippen LogP contribution is 2.43. The van der Waals surface area contributed by atoms with Gasteiger partial charge in [-0.1, -0.05) is 37.3 Å². The summed E-state index contributed by atoms with van der Waals surface area (Å²) in [4.78, 5) is 25.5. The fraction of sp³-hybridized carbons (Fsp3) is 0.486. The minimum atomic E-state index is -0.557. The van der Waals surface area contributed by atoms with E-state index in [2.05, 4.69) is 0 Å². The van der Waals surface area contributed by atoms with Crippen LogP contribution in [0.5, 0.6) is 23.0 Å². The Bertz CT molecular complexity index is 1590. The van der Waals surface area contributed by atoms with Gasteiger partial charge in [0.05, 0.1) is 31.3 Å². The van der Waals surface area contributed by atoms with E-state index in [0.29, 0.717) is 65.4 Å². The van der Waals surface area contributed by atoms with E-state index < -0.39 is 5.60 Å². The highest BCUT2D eigenvalue weighted by Gasteiger charge is 2.28. The Morgan fingerprint density at radius 3 is 2.42 bits per heavy atom. The largest absolute Gasteiger partial charge is 0.506 e. The summed E-state index contributed by atoms with van der Waals surface area (Å²) < 4.78 is 29.4. The Morgan fingerprint density at radius 2 is 1.72 bits per heavy atom. The van der Waals surface area contributed by atoms with E-state index in [0.717, 1.165) is 44.1 Å². The van der Waals surface area contributed by atoms with Gasteiger partial charge in [-0.15, -0.1) is 0 Å². The lowest BCUT2D eigenvalue weighted by atomic mass is 9.97. The molecule has 1 aliphatic rings. The Kier molecular flexibility index (Phi) is 10.4. The van der Waals surface area contributed by atoms with Crippen LogP contribution < -0.4 is 19.6 Å². The van der Waals surface area contributed by atoms with Crippen molar-refractivity contribution in [1.82, 2.24) is 0 Å². The van der Waals surface area contributed by atoms with Gasteiger partial charge in [-0.3, -0.25) is 9.59 Å². The number of allylic oxidation sites excluding steroid dienone is 2. The second kappa shape index (κ2) is 14.0. The molecule has 8 nitrogen and oxygen atoms in total. The highest BCUT2D eigenvalue weighted by atomic mass is 16.5. The minimum absolute atomic E-state index is 0.107. The van der Waals surface area contributed by atoms with E-state index in [1.54, 1.807) is 25.3 Å². The van der Waals surface area contributed by atoms with Crippen LogP contribution in [0.2, 0.25) is 0 Å². The van der Waals surface area contributed by atoms with E-state index in [-0.39, 0.29) is 28.1 Å². The average molecular weight is 593 g/mol. The normalized spacial score (nSPS) is 13.4. The van der Waals surface area contributed by atoms with E-state index >= 15 is 0 Å². The molecule has 2 heterocycles. The first-order chi connectivity index (χ1) is 20.6. The van der Waals surface area contributed by atoms with Gasteiger partial charge in [-0.25, -0.2) is 0 Å². The first kappa shape index (κ1) is 32.0. The van der Waals surface area contributed by atoms with Gasteiger partial charge in [0.2, 0.25) is 5.43 Å². The summed E-state index contributed by atoms with van der Waals surface area (Å²) in [6.07, 6.45) is 12.4. The minimum Gasteiger partial charge on any atom is -0.506 e. The standard InChI is InChI=1S/C35H44O8/c1-7-40-29(36)14-12-10-8-9-11-13-19-41-28-21-26-30(24(34(28)39-6)16-15-22(2)3)33(38)31-27(42-26)20-25-23(32(31)37)17-18-35(4,5)43-25/h15,17-18,20-21,37H,7-14,16,19H2,1-6H3. The number of aromatic hydroxyl groups is 1. The lowest BCUT2D eigenvalue weighted by Crippen LogP contribution is -2.27. The molecule has 8 heteroatoms. The number of methoxy groups -OCH3 is 1. The van der Waals surface area contributed by atoms with E-state index in [1.807, 2.05) is 46.8 Å². The van der Waals surface area contributed by atoms with Gasteiger partial charge in [0.15, 0.2) is 11.5 Å². The van der Waals surface area contributed by atoms with Gasteiger partial charge >= 0.3 is 5.97 Å². The summed E-state index contributed by atoms with van der Waals surface area (Å²) in [6, 6.07) is 3.38. The number of fused-ring (bicyclic) bond motifs is 3. The van der Waals surface area contributed by atoms with Crippen molar-refractivity contribution in [3.63, 3.8) is 0 Å². The average Bonchev–Trinajstić information content (AvgIpc) is 2.94. The van der Waals surface area contributed by atoms with Gasteiger partial charge in [0.1, 0.15) is 33.7 Å². The van der Waals surface area contributed by atoms with Crippen LogP contribution in [-0.4, -0.2) is 37.0 Å². The van der Waals surface area contributed by atoms with Gasteiger partial charge in [0, 0.05) is 24.1 Å². The van der Waals surface area contributed by atoms with Crippen LogP contribution >= 0.6 is 0 Å². The summed E-state index contributed by atoms with van der Waals surface area (Å²) >= 11 is 0. The van der Waals surface area contributed by atoms with Crippen LogP contribution in [-0.2, 0) is 16.0 Å². The molecule has 0 spiro atoms. The van der Waals surface area contributed by atoms with Crippen molar-refractivity contribution in [2.45, 2.75) is 91.6 Å². The van der Waals surface area contributed by atoms with Crippen LogP contribution in [0.3, 0.4) is 0 Å². The zero-order valence-electron chi connectivity index (χ0n) is 26.3. The van der Waals surface area contributed by atoms with E-state index in [4.69, 9.17) is 23.4 Å². The molecule has 0 saturated heterocycles. The molecule has 0 fully saturated rings. The molecule has 232 valence electrons. The van der Waals surface area contributed by atoms with E-state index in [1.165, 1.54) is 0 Å². The number of carbonyl (C=O) groups excluding carboxylic acids is 1. The van der Waals surface area contributed by atoms with Crippen molar-refractivity contribution in [2.24, 2.45) is 0 Å². The molecule has 4 rings (SSSR count). The Balaban J connectivity index is 1.60. The molecule has 3 aromatic rings. The quantitative estimate of drug-likeness (QED) is 0.0868. The molecule has 0 aliphatic carbocycles. The molecule has 0 amide bonds. The smallest absolute Gasteiger partial charge is 0.305 e. The fourth-order valence-corrected chi connectivity index (χ4v) is 5.35. The van der Waals surface area contributed by atoms with Crippen LogP contribution in [0.1, 0.15) is 90.7 Å². The maximum Gasteiger partial charge on any atom is 0.305 e. The Morgan fingerprint density at radius 1 is 1.02 bits per heavy atom.